The molecule has 15 heavy (non-hydrogen) atoms. The molecule has 1 unspecified atom stereocenters. The van der Waals surface area contributed by atoms with Gasteiger partial charge in [-0.05, 0) is 18.2 Å². The zero-order valence-corrected chi connectivity index (χ0v) is 9.84. The quantitative estimate of drug-likeness (QED) is 0.740. The van der Waals surface area contributed by atoms with Gasteiger partial charge in [-0.2, -0.15) is 11.8 Å². The van der Waals surface area contributed by atoms with Gasteiger partial charge in [0.1, 0.15) is 0 Å². The Bertz CT molecular complexity index is 355. The highest BCUT2D eigenvalue weighted by molar-refractivity contribution is 7.99. The molecule has 0 saturated carbocycles. The number of Topliss-reactive ketones (excluding diaryl/α,β-unsaturated/α-hetero) is 1. The van der Waals surface area contributed by atoms with Crippen LogP contribution in [0.1, 0.15) is 23.9 Å². The van der Waals surface area contributed by atoms with Crippen LogP contribution in [0.15, 0.2) is 16.5 Å². The monoisotopic (exact) mass is 225 g/mol. The van der Waals surface area contributed by atoms with E-state index in [2.05, 4.69) is 4.90 Å². The molecule has 1 saturated heterocycles. The molecule has 1 aromatic rings. The van der Waals surface area contributed by atoms with Crippen LogP contribution in [0, 0.1) is 0 Å². The minimum Gasteiger partial charge on any atom is -0.437 e. The third kappa shape index (κ3) is 2.20. The molecule has 1 atom stereocenters. The molecule has 0 aromatic carbocycles. The molecule has 82 valence electrons. The van der Waals surface area contributed by atoms with Crippen molar-refractivity contribution < 1.29 is 9.21 Å². The van der Waals surface area contributed by atoms with Gasteiger partial charge >= 0.3 is 0 Å². The summed E-state index contributed by atoms with van der Waals surface area (Å²) in [6, 6.07) is 4.16. The second-order valence-corrected chi connectivity index (χ2v) is 4.97. The van der Waals surface area contributed by atoms with Crippen molar-refractivity contribution in [1.29, 1.82) is 0 Å². The van der Waals surface area contributed by atoms with E-state index < -0.39 is 0 Å². The van der Waals surface area contributed by atoms with Crippen molar-refractivity contribution in [3.05, 3.63) is 17.9 Å². The molecule has 0 aliphatic carbocycles. The van der Waals surface area contributed by atoms with Crippen molar-refractivity contribution in [2.45, 2.75) is 19.4 Å². The van der Waals surface area contributed by atoms with E-state index in [9.17, 15) is 4.79 Å². The maximum Gasteiger partial charge on any atom is 0.196 e. The van der Waals surface area contributed by atoms with Crippen LogP contribution in [-0.2, 0) is 0 Å². The normalized spacial score (nSPS) is 20.5. The highest BCUT2D eigenvalue weighted by Gasteiger charge is 2.22. The molecule has 0 amide bonds. The smallest absolute Gasteiger partial charge is 0.196 e. The summed E-state index contributed by atoms with van der Waals surface area (Å²) in [6.07, 6.45) is 1.19. The average molecular weight is 225 g/mol. The van der Waals surface area contributed by atoms with E-state index in [1.165, 1.54) is 19.1 Å². The largest absolute Gasteiger partial charge is 0.437 e. The fraction of sp³-hybridized carbons (Fsp3) is 0.545. The van der Waals surface area contributed by atoms with Crippen molar-refractivity contribution in [2.24, 2.45) is 0 Å². The second-order valence-electron chi connectivity index (χ2n) is 3.82. The maximum atomic E-state index is 11.1. The lowest BCUT2D eigenvalue weighted by Crippen LogP contribution is -2.30. The van der Waals surface area contributed by atoms with Crippen LogP contribution in [0.2, 0.25) is 0 Å². The summed E-state index contributed by atoms with van der Waals surface area (Å²) in [5.74, 6) is 3.59. The first-order valence-electron chi connectivity index (χ1n) is 5.10. The molecule has 1 aliphatic rings. The van der Waals surface area contributed by atoms with Crippen molar-refractivity contribution in [1.82, 2.24) is 0 Å². The number of hydrogen-bond donors (Lipinski definition) is 0. The fourth-order valence-corrected chi connectivity index (χ4v) is 2.98. The molecular weight excluding hydrogens is 210 g/mol. The van der Waals surface area contributed by atoms with Gasteiger partial charge in [0.2, 0.25) is 0 Å². The molecule has 0 spiro atoms. The number of ketones is 1. The summed E-state index contributed by atoms with van der Waals surface area (Å²) in [7, 11) is 2.03. The number of rotatable bonds is 3. The molecule has 2 rings (SSSR count). The van der Waals surface area contributed by atoms with E-state index in [0.717, 1.165) is 11.6 Å². The van der Waals surface area contributed by atoms with Gasteiger partial charge in [0.25, 0.3) is 0 Å². The first-order chi connectivity index (χ1) is 7.18. The summed E-state index contributed by atoms with van der Waals surface area (Å²) in [5.41, 5.74) is 0. The molecule has 1 aromatic heterocycles. The Balaban J connectivity index is 2.10. The minimum absolute atomic E-state index is 0.0181. The predicted octanol–water partition coefficient (Wildman–Crippen LogP) is 2.42. The van der Waals surface area contributed by atoms with Crippen LogP contribution in [-0.4, -0.2) is 30.4 Å². The molecular formula is C11H15NO2S. The van der Waals surface area contributed by atoms with Crippen molar-refractivity contribution >= 4 is 23.4 Å². The van der Waals surface area contributed by atoms with Crippen LogP contribution >= 0.6 is 11.8 Å². The SMILES string of the molecule is CC(=O)c1ccc(N(C)C2CCSC2)o1. The van der Waals surface area contributed by atoms with Gasteiger partial charge in [0.05, 0.1) is 0 Å². The van der Waals surface area contributed by atoms with Gasteiger partial charge in [-0.15, -0.1) is 0 Å². The Labute approximate surface area is 93.8 Å². The van der Waals surface area contributed by atoms with Gasteiger partial charge in [-0.1, -0.05) is 0 Å². The van der Waals surface area contributed by atoms with E-state index in [-0.39, 0.29) is 5.78 Å². The summed E-state index contributed by atoms with van der Waals surface area (Å²) in [5, 5.41) is 0. The number of carbonyl (C=O) groups excluding carboxylic acids is 1. The van der Waals surface area contributed by atoms with Gasteiger partial charge in [0.15, 0.2) is 17.4 Å². The Kier molecular flexibility index (Phi) is 3.05. The Hall–Kier alpha value is -0.900. The zero-order chi connectivity index (χ0) is 10.8. The summed E-state index contributed by atoms with van der Waals surface area (Å²) < 4.78 is 5.49. The first-order valence-corrected chi connectivity index (χ1v) is 6.25. The molecule has 2 heterocycles. The first kappa shape index (κ1) is 10.6. The number of hydrogen-bond acceptors (Lipinski definition) is 4. The van der Waals surface area contributed by atoms with Gasteiger partial charge in [-0.25, -0.2) is 0 Å². The third-order valence-electron chi connectivity index (χ3n) is 2.74. The zero-order valence-electron chi connectivity index (χ0n) is 9.03. The highest BCUT2D eigenvalue weighted by Crippen LogP contribution is 2.27. The van der Waals surface area contributed by atoms with Crippen molar-refractivity contribution in [3.63, 3.8) is 0 Å². The Morgan fingerprint density at radius 1 is 1.60 bits per heavy atom. The van der Waals surface area contributed by atoms with Crippen LogP contribution in [0.5, 0.6) is 0 Å². The van der Waals surface area contributed by atoms with Crippen LogP contribution in [0.25, 0.3) is 0 Å². The molecule has 3 nitrogen and oxygen atoms in total. The maximum absolute atomic E-state index is 11.1. The van der Waals surface area contributed by atoms with E-state index in [0.29, 0.717) is 11.8 Å². The molecule has 0 radical (unpaired) electrons. The van der Waals surface area contributed by atoms with Crippen molar-refractivity contribution in [2.75, 3.05) is 23.5 Å². The van der Waals surface area contributed by atoms with E-state index in [1.54, 1.807) is 6.07 Å². The third-order valence-corrected chi connectivity index (χ3v) is 3.88. The lowest BCUT2D eigenvalue weighted by Gasteiger charge is -2.22. The van der Waals surface area contributed by atoms with E-state index in [1.807, 2.05) is 24.9 Å². The van der Waals surface area contributed by atoms with Crippen LogP contribution in [0.3, 0.4) is 0 Å². The fourth-order valence-electron chi connectivity index (χ4n) is 1.71. The second kappa shape index (κ2) is 4.31. The average Bonchev–Trinajstić information content (AvgIpc) is 2.88. The number of nitrogens with zero attached hydrogens (tertiary/aromatic N) is 1. The molecule has 0 N–H and O–H groups in total. The molecule has 1 aliphatic heterocycles. The number of thioether (sulfide) groups is 1. The lowest BCUT2D eigenvalue weighted by atomic mass is 10.2. The number of carbonyl (C=O) groups is 1. The van der Waals surface area contributed by atoms with E-state index in [4.69, 9.17) is 4.42 Å². The lowest BCUT2D eigenvalue weighted by molar-refractivity contribution is 0.0987. The molecule has 1 fully saturated rings. The van der Waals surface area contributed by atoms with Gasteiger partial charge < -0.3 is 9.32 Å². The Morgan fingerprint density at radius 2 is 2.40 bits per heavy atom. The van der Waals surface area contributed by atoms with Crippen LogP contribution < -0.4 is 4.90 Å². The van der Waals surface area contributed by atoms with Gasteiger partial charge in [0, 0.05) is 31.8 Å². The number of anilines is 1. The Morgan fingerprint density at radius 3 is 2.93 bits per heavy atom. The number of furan rings is 1. The minimum atomic E-state index is -0.0181. The highest BCUT2D eigenvalue weighted by atomic mass is 32.2. The standard InChI is InChI=1S/C11H15NO2S/c1-8(13)10-3-4-11(14-10)12(2)9-5-6-15-7-9/h3-4,9H,5-7H2,1-2H3. The molecule has 4 heteroatoms. The van der Waals surface area contributed by atoms with Crippen molar-refractivity contribution in [3.8, 4) is 0 Å². The predicted molar refractivity (Wildman–Crippen MR) is 62.8 cm³/mol. The summed E-state index contributed by atoms with van der Waals surface area (Å²) >= 11 is 1.97. The van der Waals surface area contributed by atoms with Crippen LogP contribution in [0.4, 0.5) is 5.88 Å². The summed E-state index contributed by atoms with van der Waals surface area (Å²) in [4.78, 5) is 13.2. The topological polar surface area (TPSA) is 33.5 Å². The van der Waals surface area contributed by atoms with Gasteiger partial charge in [-0.3, -0.25) is 4.79 Å². The molecule has 0 bridgehead atoms. The van der Waals surface area contributed by atoms with E-state index >= 15 is 0 Å². The summed E-state index contributed by atoms with van der Waals surface area (Å²) in [6.45, 7) is 1.52.